The number of amides is 2. The van der Waals surface area contributed by atoms with Crippen molar-refractivity contribution in [2.45, 2.75) is 44.3 Å². The third-order valence-corrected chi connectivity index (χ3v) is 3.14. The first kappa shape index (κ1) is 11.5. The second kappa shape index (κ2) is 4.93. The number of morpholine rings is 1. The van der Waals surface area contributed by atoms with Crippen molar-refractivity contribution in [3.63, 3.8) is 0 Å². The summed E-state index contributed by atoms with van der Waals surface area (Å²) in [6, 6.07) is 0. The fraction of sp³-hybridized carbons (Fsp3) is 0.818. The number of fused-ring (bicyclic) bond motifs is 2. The zero-order valence-electron chi connectivity index (χ0n) is 9.22. The van der Waals surface area contributed by atoms with Crippen molar-refractivity contribution in [1.29, 1.82) is 0 Å². The van der Waals surface area contributed by atoms with Gasteiger partial charge in [-0.3, -0.25) is 14.5 Å². The summed E-state index contributed by atoms with van der Waals surface area (Å²) >= 11 is 0. The summed E-state index contributed by atoms with van der Waals surface area (Å²) in [5.74, 6) is -0.356. The van der Waals surface area contributed by atoms with Crippen molar-refractivity contribution < 1.29 is 19.4 Å². The lowest BCUT2D eigenvalue weighted by atomic mass is 10.2. The Bertz CT molecular complexity index is 270. The summed E-state index contributed by atoms with van der Waals surface area (Å²) in [5.41, 5.74) is 0. The minimum Gasteiger partial charge on any atom is -0.396 e. The fourth-order valence-electron chi connectivity index (χ4n) is 2.24. The first-order chi connectivity index (χ1) is 7.74. The molecule has 2 saturated heterocycles. The molecule has 2 atom stereocenters. The Morgan fingerprint density at radius 3 is 2.31 bits per heavy atom. The lowest BCUT2D eigenvalue weighted by Crippen LogP contribution is -2.51. The van der Waals surface area contributed by atoms with Crippen LogP contribution >= 0.6 is 0 Å². The van der Waals surface area contributed by atoms with Gasteiger partial charge in [-0.05, 0) is 32.1 Å². The SMILES string of the molecule is O=C1C2CCC(O2)C(=O)N1CCCCCO. The van der Waals surface area contributed by atoms with Crippen molar-refractivity contribution in [1.82, 2.24) is 4.90 Å². The Morgan fingerprint density at radius 2 is 1.75 bits per heavy atom. The van der Waals surface area contributed by atoms with E-state index in [1.807, 2.05) is 0 Å². The maximum atomic E-state index is 11.8. The van der Waals surface area contributed by atoms with Crippen molar-refractivity contribution in [3.05, 3.63) is 0 Å². The van der Waals surface area contributed by atoms with Gasteiger partial charge in [0, 0.05) is 13.2 Å². The predicted octanol–water partition coefficient (Wildman–Crippen LogP) is 0.0654. The van der Waals surface area contributed by atoms with Crippen LogP contribution in [0, 0.1) is 0 Å². The summed E-state index contributed by atoms with van der Waals surface area (Å²) < 4.78 is 5.30. The van der Waals surface area contributed by atoms with Crippen LogP contribution in [0.5, 0.6) is 0 Å². The molecular formula is C11H17NO4. The molecule has 2 aliphatic rings. The summed E-state index contributed by atoms with van der Waals surface area (Å²) in [6.07, 6.45) is 2.88. The van der Waals surface area contributed by atoms with Crippen molar-refractivity contribution in [2.75, 3.05) is 13.2 Å². The normalized spacial score (nSPS) is 28.9. The first-order valence-corrected chi connectivity index (χ1v) is 5.85. The van der Waals surface area contributed by atoms with Crippen LogP contribution in [0.25, 0.3) is 0 Å². The molecule has 1 N–H and O–H groups in total. The van der Waals surface area contributed by atoms with Gasteiger partial charge in [-0.15, -0.1) is 0 Å². The third kappa shape index (κ3) is 2.10. The van der Waals surface area contributed by atoms with Gasteiger partial charge in [-0.2, -0.15) is 0 Å². The summed E-state index contributed by atoms with van der Waals surface area (Å²) in [4.78, 5) is 24.9. The Morgan fingerprint density at radius 1 is 1.12 bits per heavy atom. The van der Waals surface area contributed by atoms with Crippen LogP contribution < -0.4 is 0 Å². The highest BCUT2D eigenvalue weighted by molar-refractivity contribution is 6.02. The van der Waals surface area contributed by atoms with Crippen molar-refractivity contribution in [3.8, 4) is 0 Å². The van der Waals surface area contributed by atoms with Crippen LogP contribution in [0.3, 0.4) is 0 Å². The molecule has 2 unspecified atom stereocenters. The monoisotopic (exact) mass is 227 g/mol. The number of imide groups is 1. The third-order valence-electron chi connectivity index (χ3n) is 3.14. The van der Waals surface area contributed by atoms with Gasteiger partial charge in [0.2, 0.25) is 0 Å². The number of ether oxygens (including phenoxy) is 1. The average Bonchev–Trinajstić information content (AvgIpc) is 2.72. The molecule has 2 bridgehead atoms. The maximum absolute atomic E-state index is 11.8. The van der Waals surface area contributed by atoms with Gasteiger partial charge in [0.25, 0.3) is 11.8 Å². The Labute approximate surface area is 94.4 Å². The molecule has 2 heterocycles. The standard InChI is InChI=1S/C11H17NO4/c13-7-3-1-2-6-12-10(14)8-4-5-9(16-8)11(12)15/h8-9,13H,1-7H2. The number of rotatable bonds is 5. The largest absolute Gasteiger partial charge is 0.396 e. The molecule has 0 aromatic carbocycles. The second-order valence-electron chi connectivity index (χ2n) is 4.30. The molecular weight excluding hydrogens is 210 g/mol. The van der Waals surface area contributed by atoms with E-state index in [9.17, 15) is 9.59 Å². The first-order valence-electron chi connectivity index (χ1n) is 5.85. The number of hydrogen-bond acceptors (Lipinski definition) is 4. The van der Waals surface area contributed by atoms with Gasteiger partial charge < -0.3 is 9.84 Å². The van der Waals surface area contributed by atoms with E-state index in [1.54, 1.807) is 0 Å². The van der Waals surface area contributed by atoms with Crippen LogP contribution in [0.2, 0.25) is 0 Å². The number of carbonyl (C=O) groups excluding carboxylic acids is 2. The number of carbonyl (C=O) groups is 2. The van der Waals surface area contributed by atoms with Crippen LogP contribution in [-0.4, -0.2) is 47.2 Å². The Kier molecular flexibility index (Phi) is 3.56. The van der Waals surface area contributed by atoms with E-state index < -0.39 is 0 Å². The summed E-state index contributed by atoms with van der Waals surface area (Å²) in [7, 11) is 0. The molecule has 2 aliphatic heterocycles. The molecule has 2 rings (SSSR count). The molecule has 90 valence electrons. The fourth-order valence-corrected chi connectivity index (χ4v) is 2.24. The second-order valence-corrected chi connectivity index (χ2v) is 4.30. The highest BCUT2D eigenvalue weighted by Gasteiger charge is 2.45. The highest BCUT2D eigenvalue weighted by atomic mass is 16.5. The molecule has 0 radical (unpaired) electrons. The molecule has 0 aromatic rings. The lowest BCUT2D eigenvalue weighted by Gasteiger charge is -2.29. The number of unbranched alkanes of at least 4 members (excludes halogenated alkanes) is 2. The van der Waals surface area contributed by atoms with Crippen molar-refractivity contribution in [2.24, 2.45) is 0 Å². The number of nitrogens with zero attached hydrogens (tertiary/aromatic N) is 1. The van der Waals surface area contributed by atoms with Gasteiger partial charge in [0.15, 0.2) is 0 Å². The minimum absolute atomic E-state index is 0.163. The van der Waals surface area contributed by atoms with E-state index in [0.717, 1.165) is 19.3 Å². The molecule has 5 nitrogen and oxygen atoms in total. The maximum Gasteiger partial charge on any atom is 0.258 e. The van der Waals surface area contributed by atoms with Crippen LogP contribution in [0.1, 0.15) is 32.1 Å². The molecule has 0 aromatic heterocycles. The zero-order valence-corrected chi connectivity index (χ0v) is 9.22. The molecule has 0 aliphatic carbocycles. The molecule has 0 saturated carbocycles. The number of aliphatic hydroxyl groups is 1. The average molecular weight is 227 g/mol. The highest BCUT2D eigenvalue weighted by Crippen LogP contribution is 2.28. The van der Waals surface area contributed by atoms with Gasteiger partial charge in [0.05, 0.1) is 0 Å². The lowest BCUT2D eigenvalue weighted by molar-refractivity contribution is -0.168. The molecule has 16 heavy (non-hydrogen) atoms. The van der Waals surface area contributed by atoms with E-state index in [2.05, 4.69) is 0 Å². The van der Waals surface area contributed by atoms with Gasteiger partial charge in [-0.25, -0.2) is 0 Å². The number of hydrogen-bond donors (Lipinski definition) is 1. The van der Waals surface area contributed by atoms with Gasteiger partial charge in [-0.1, -0.05) is 0 Å². The van der Waals surface area contributed by atoms with Crippen molar-refractivity contribution >= 4 is 11.8 Å². The zero-order chi connectivity index (χ0) is 11.5. The van der Waals surface area contributed by atoms with Gasteiger partial charge >= 0.3 is 0 Å². The number of likely N-dealkylation sites (tertiary alicyclic amines) is 1. The Hall–Kier alpha value is -0.940. The predicted molar refractivity (Wildman–Crippen MR) is 55.6 cm³/mol. The molecule has 2 fully saturated rings. The molecule has 0 spiro atoms. The van der Waals surface area contributed by atoms with E-state index in [4.69, 9.17) is 9.84 Å². The quantitative estimate of drug-likeness (QED) is 0.533. The van der Waals surface area contributed by atoms with Crippen LogP contribution in [-0.2, 0) is 14.3 Å². The molecule has 5 heteroatoms. The van der Waals surface area contributed by atoms with Crippen LogP contribution in [0.4, 0.5) is 0 Å². The van der Waals surface area contributed by atoms with E-state index in [1.165, 1.54) is 4.90 Å². The van der Waals surface area contributed by atoms with E-state index >= 15 is 0 Å². The minimum atomic E-state index is -0.388. The topological polar surface area (TPSA) is 66.8 Å². The van der Waals surface area contributed by atoms with E-state index in [-0.39, 0.29) is 30.6 Å². The van der Waals surface area contributed by atoms with Gasteiger partial charge in [0.1, 0.15) is 12.2 Å². The summed E-state index contributed by atoms with van der Waals surface area (Å²) in [6.45, 7) is 0.629. The summed E-state index contributed by atoms with van der Waals surface area (Å²) in [5, 5.41) is 8.63. The Balaban J connectivity index is 1.88. The molecule has 2 amide bonds. The van der Waals surface area contributed by atoms with Crippen LogP contribution in [0.15, 0.2) is 0 Å². The number of aliphatic hydroxyl groups excluding tert-OH is 1. The smallest absolute Gasteiger partial charge is 0.258 e. The van der Waals surface area contributed by atoms with E-state index in [0.29, 0.717) is 19.4 Å².